The summed E-state index contributed by atoms with van der Waals surface area (Å²) in [7, 11) is 1.89. The fraction of sp³-hybridized carbons (Fsp3) is 0.278. The summed E-state index contributed by atoms with van der Waals surface area (Å²) in [5.41, 5.74) is 5.44. The molecular weight excluding hydrogens is 356 g/mol. The van der Waals surface area contributed by atoms with Crippen LogP contribution < -0.4 is 22.1 Å². The summed E-state index contributed by atoms with van der Waals surface area (Å²) in [6.07, 6.45) is 2.98. The van der Waals surface area contributed by atoms with Gasteiger partial charge in [-0.3, -0.25) is 10.2 Å². The van der Waals surface area contributed by atoms with Gasteiger partial charge in [0.15, 0.2) is 0 Å². The Kier molecular flexibility index (Phi) is 7.58. The third-order valence-electron chi connectivity index (χ3n) is 3.82. The average molecular weight is 379 g/mol. The Hall–Kier alpha value is -1.73. The van der Waals surface area contributed by atoms with E-state index in [9.17, 15) is 0 Å². The first-order valence-corrected chi connectivity index (χ1v) is 9.32. The Morgan fingerprint density at radius 2 is 1.96 bits per heavy atom. The highest BCUT2D eigenvalue weighted by molar-refractivity contribution is 7.98. The normalized spacial score (nSPS) is 12.8. The Labute approximate surface area is 157 Å². The molecule has 0 aliphatic heterocycles. The highest BCUT2D eigenvalue weighted by atomic mass is 35.5. The van der Waals surface area contributed by atoms with Gasteiger partial charge in [-0.1, -0.05) is 41.9 Å². The van der Waals surface area contributed by atoms with E-state index in [4.69, 9.17) is 22.2 Å². The molecular formula is C18H23ClN4OS. The zero-order valence-electron chi connectivity index (χ0n) is 14.1. The largest absolute Gasteiger partial charge is 0.313 e. The standard InChI is InChI=1S/C17H19ClN2S.CH4N2O/c1-20(19)16-8-4-6-14(12-9-10-12)17(16)21-11-13-5-2-3-7-15(13)18;2-3-1-4/h2-8,12H,9-11,19H2,1H3;1H,2H2,(H,3,4). The molecule has 0 radical (unpaired) electrons. The van der Waals surface area contributed by atoms with Crippen LogP contribution in [0.1, 0.15) is 29.9 Å². The van der Waals surface area contributed by atoms with Gasteiger partial charge in [0.05, 0.1) is 5.69 Å². The third kappa shape index (κ3) is 5.64. The second kappa shape index (κ2) is 9.68. The number of carbonyl (C=O) groups excluding carboxylic acids is 1. The number of nitrogens with two attached hydrogens (primary N) is 2. The summed E-state index contributed by atoms with van der Waals surface area (Å²) >= 11 is 8.09. The topological polar surface area (TPSA) is 84.4 Å². The molecule has 0 aromatic heterocycles. The van der Waals surface area contributed by atoms with Gasteiger partial charge in [-0.25, -0.2) is 11.7 Å². The van der Waals surface area contributed by atoms with Crippen molar-refractivity contribution in [1.29, 1.82) is 0 Å². The molecule has 3 rings (SSSR count). The summed E-state index contributed by atoms with van der Waals surface area (Å²) in [6.45, 7) is 0. The van der Waals surface area contributed by atoms with Crippen molar-refractivity contribution in [2.75, 3.05) is 12.1 Å². The van der Waals surface area contributed by atoms with Crippen molar-refractivity contribution in [3.8, 4) is 0 Å². The molecule has 1 saturated carbocycles. The van der Waals surface area contributed by atoms with E-state index in [0.29, 0.717) is 12.3 Å². The third-order valence-corrected chi connectivity index (χ3v) is 5.38. The number of carbonyl (C=O) groups is 1. The second-order valence-electron chi connectivity index (χ2n) is 5.75. The molecule has 5 N–H and O–H groups in total. The van der Waals surface area contributed by atoms with Gasteiger partial charge in [0, 0.05) is 22.7 Å². The zero-order chi connectivity index (χ0) is 18.2. The van der Waals surface area contributed by atoms with Crippen LogP contribution in [0.15, 0.2) is 47.4 Å². The minimum absolute atomic E-state index is 0.403. The number of thioether (sulfide) groups is 1. The van der Waals surface area contributed by atoms with Crippen LogP contribution in [0, 0.1) is 0 Å². The second-order valence-corrected chi connectivity index (χ2v) is 7.14. The van der Waals surface area contributed by atoms with Crippen molar-refractivity contribution in [3.05, 3.63) is 58.6 Å². The van der Waals surface area contributed by atoms with E-state index in [-0.39, 0.29) is 0 Å². The number of nitrogens with zero attached hydrogens (tertiary/aromatic N) is 1. The highest BCUT2D eigenvalue weighted by Gasteiger charge is 2.27. The molecule has 1 aliphatic rings. The molecule has 1 amide bonds. The SMILES string of the molecule is CN(N)c1cccc(C2CC2)c1SCc1ccccc1Cl.NNC=O. The summed E-state index contributed by atoms with van der Waals surface area (Å²) in [4.78, 5) is 10.2. The molecule has 1 fully saturated rings. The molecule has 0 heterocycles. The lowest BCUT2D eigenvalue weighted by atomic mass is 10.1. The number of hydrogen-bond donors (Lipinski definition) is 3. The Morgan fingerprint density at radius 1 is 1.28 bits per heavy atom. The Balaban J connectivity index is 0.000000511. The van der Waals surface area contributed by atoms with E-state index in [1.54, 1.807) is 10.4 Å². The maximum atomic E-state index is 8.94. The molecule has 25 heavy (non-hydrogen) atoms. The first kappa shape index (κ1) is 19.6. The molecule has 2 aromatic carbocycles. The number of rotatable bonds is 6. The lowest BCUT2D eigenvalue weighted by Gasteiger charge is -2.20. The van der Waals surface area contributed by atoms with Crippen molar-refractivity contribution < 1.29 is 4.79 Å². The monoisotopic (exact) mass is 378 g/mol. The van der Waals surface area contributed by atoms with E-state index in [1.807, 2.05) is 37.0 Å². The molecule has 0 atom stereocenters. The van der Waals surface area contributed by atoms with Crippen LogP contribution in [0.2, 0.25) is 5.02 Å². The lowest BCUT2D eigenvalue weighted by Crippen LogP contribution is -2.25. The van der Waals surface area contributed by atoms with Crippen molar-refractivity contribution in [2.24, 2.45) is 11.7 Å². The van der Waals surface area contributed by atoms with Crippen molar-refractivity contribution >= 4 is 35.5 Å². The van der Waals surface area contributed by atoms with Crippen LogP contribution >= 0.6 is 23.4 Å². The minimum Gasteiger partial charge on any atom is -0.313 e. The van der Waals surface area contributed by atoms with Gasteiger partial charge >= 0.3 is 0 Å². The molecule has 5 nitrogen and oxygen atoms in total. The predicted octanol–water partition coefficient (Wildman–Crippen LogP) is 3.43. The summed E-state index contributed by atoms with van der Waals surface area (Å²) in [6, 6.07) is 14.5. The van der Waals surface area contributed by atoms with Crippen LogP contribution in [0.4, 0.5) is 5.69 Å². The average Bonchev–Trinajstić information content (AvgIpc) is 3.46. The molecule has 0 bridgehead atoms. The van der Waals surface area contributed by atoms with Gasteiger partial charge in [0.25, 0.3) is 0 Å². The van der Waals surface area contributed by atoms with Crippen LogP contribution in [-0.4, -0.2) is 13.5 Å². The van der Waals surface area contributed by atoms with Crippen LogP contribution in [0.5, 0.6) is 0 Å². The van der Waals surface area contributed by atoms with E-state index in [1.165, 1.54) is 28.9 Å². The van der Waals surface area contributed by atoms with Gasteiger partial charge in [-0.05, 0) is 42.0 Å². The number of anilines is 1. The smallest absolute Gasteiger partial charge is 0.221 e. The summed E-state index contributed by atoms with van der Waals surface area (Å²) in [5, 5.41) is 2.54. The first-order valence-electron chi connectivity index (χ1n) is 7.95. The van der Waals surface area contributed by atoms with Gasteiger partial charge in [0.2, 0.25) is 6.41 Å². The van der Waals surface area contributed by atoms with Crippen molar-refractivity contribution in [3.63, 3.8) is 0 Å². The van der Waals surface area contributed by atoms with Crippen LogP contribution in [0.3, 0.4) is 0 Å². The minimum atomic E-state index is 0.403. The number of benzene rings is 2. The molecule has 134 valence electrons. The van der Waals surface area contributed by atoms with Gasteiger partial charge in [-0.15, -0.1) is 11.8 Å². The van der Waals surface area contributed by atoms with Gasteiger partial charge in [0.1, 0.15) is 0 Å². The van der Waals surface area contributed by atoms with Gasteiger partial charge in [-0.2, -0.15) is 0 Å². The lowest BCUT2D eigenvalue weighted by molar-refractivity contribution is -0.109. The molecule has 7 heteroatoms. The molecule has 0 saturated heterocycles. The van der Waals surface area contributed by atoms with Crippen molar-refractivity contribution in [1.82, 2.24) is 5.43 Å². The fourth-order valence-corrected chi connectivity index (χ4v) is 4.05. The van der Waals surface area contributed by atoms with E-state index in [2.05, 4.69) is 30.1 Å². The summed E-state index contributed by atoms with van der Waals surface area (Å²) in [5.74, 6) is 12.0. The number of halogens is 1. The first-order chi connectivity index (χ1) is 12.1. The van der Waals surface area contributed by atoms with E-state index in [0.717, 1.165) is 16.5 Å². The molecule has 0 spiro atoms. The molecule has 1 aliphatic carbocycles. The highest BCUT2D eigenvalue weighted by Crippen LogP contribution is 2.47. The van der Waals surface area contributed by atoms with Crippen molar-refractivity contribution in [2.45, 2.75) is 29.4 Å². The number of hydrogen-bond acceptors (Lipinski definition) is 5. The molecule has 2 aromatic rings. The van der Waals surface area contributed by atoms with Crippen LogP contribution in [-0.2, 0) is 10.5 Å². The number of nitrogens with one attached hydrogen (secondary N) is 1. The maximum Gasteiger partial charge on any atom is 0.221 e. The van der Waals surface area contributed by atoms with E-state index < -0.39 is 0 Å². The van der Waals surface area contributed by atoms with Crippen LogP contribution in [0.25, 0.3) is 0 Å². The quantitative estimate of drug-likeness (QED) is 0.236. The number of amides is 1. The Bertz CT molecular complexity index is 687. The zero-order valence-corrected chi connectivity index (χ0v) is 15.7. The summed E-state index contributed by atoms with van der Waals surface area (Å²) < 4.78 is 0. The van der Waals surface area contributed by atoms with E-state index >= 15 is 0 Å². The Morgan fingerprint density at radius 3 is 2.52 bits per heavy atom. The number of hydrazine groups is 2. The predicted molar refractivity (Wildman–Crippen MR) is 105 cm³/mol. The maximum absolute atomic E-state index is 8.94. The fourth-order valence-electron chi connectivity index (χ4n) is 2.46. The molecule has 0 unspecified atom stereocenters. The van der Waals surface area contributed by atoms with Gasteiger partial charge < -0.3 is 5.01 Å².